The van der Waals surface area contributed by atoms with E-state index in [0.29, 0.717) is 0 Å². The average molecular weight is 679 g/mol. The number of hydrogen-bond acceptors (Lipinski definition) is 2. The van der Waals surface area contributed by atoms with E-state index in [4.69, 9.17) is 9.97 Å². The third-order valence-corrected chi connectivity index (χ3v) is 11.6. The lowest BCUT2D eigenvalue weighted by Crippen LogP contribution is -2.26. The number of aromatic nitrogens is 2. The van der Waals surface area contributed by atoms with E-state index in [0.717, 1.165) is 34.8 Å². The maximum absolute atomic E-state index is 5.47. The second-order valence-electron chi connectivity index (χ2n) is 14.3. The van der Waals surface area contributed by atoms with E-state index in [1.807, 2.05) is 0 Å². The molecule has 0 N–H and O–H groups in total. The quantitative estimate of drug-likeness (QED) is 0.175. The first-order valence-electron chi connectivity index (χ1n) is 18.7. The molecule has 0 saturated heterocycles. The summed E-state index contributed by atoms with van der Waals surface area (Å²) < 4.78 is 0. The molecule has 1 atom stereocenters. The van der Waals surface area contributed by atoms with Gasteiger partial charge in [-0.25, -0.2) is 9.97 Å². The van der Waals surface area contributed by atoms with Crippen LogP contribution in [0.1, 0.15) is 58.5 Å². The second-order valence-corrected chi connectivity index (χ2v) is 14.3. The third-order valence-electron chi connectivity index (χ3n) is 11.6. The number of nitrogens with zero attached hydrogens (tertiary/aromatic N) is 2. The molecule has 2 aliphatic rings. The summed E-state index contributed by atoms with van der Waals surface area (Å²) >= 11 is 0. The summed E-state index contributed by atoms with van der Waals surface area (Å²) in [4.78, 5) is 10.9. The van der Waals surface area contributed by atoms with Gasteiger partial charge in [-0.1, -0.05) is 177 Å². The zero-order chi connectivity index (χ0) is 35.5. The Bertz CT molecular complexity index is 2570. The molecule has 0 saturated carbocycles. The topological polar surface area (TPSA) is 25.8 Å². The minimum Gasteiger partial charge on any atom is -0.232 e. The Hall–Kier alpha value is -6.38. The van der Waals surface area contributed by atoms with Gasteiger partial charge in [-0.2, -0.15) is 0 Å². The van der Waals surface area contributed by atoms with Gasteiger partial charge >= 0.3 is 0 Å². The molecule has 10 rings (SSSR count). The normalized spacial score (nSPS) is 13.6. The van der Waals surface area contributed by atoms with Crippen LogP contribution in [0.3, 0.4) is 0 Å². The van der Waals surface area contributed by atoms with Crippen molar-refractivity contribution in [1.82, 2.24) is 9.97 Å². The summed E-state index contributed by atoms with van der Waals surface area (Å²) in [5.41, 5.74) is 19.3. The maximum Gasteiger partial charge on any atom is 0.137 e. The van der Waals surface area contributed by atoms with Gasteiger partial charge in [0.15, 0.2) is 0 Å². The van der Waals surface area contributed by atoms with Crippen molar-refractivity contribution in [2.75, 3.05) is 0 Å². The number of hydrogen-bond donors (Lipinski definition) is 0. The van der Waals surface area contributed by atoms with Crippen molar-refractivity contribution in [3.63, 3.8) is 0 Å². The highest BCUT2D eigenvalue weighted by Gasteiger charge is 2.52. The number of rotatable bonds is 6. The van der Waals surface area contributed by atoms with Gasteiger partial charge in [-0.05, 0) is 86.2 Å². The van der Waals surface area contributed by atoms with Gasteiger partial charge in [0.25, 0.3) is 0 Å². The minimum absolute atomic E-state index is 0.0826. The monoisotopic (exact) mass is 678 g/mol. The predicted molar refractivity (Wildman–Crippen MR) is 218 cm³/mol. The van der Waals surface area contributed by atoms with Crippen molar-refractivity contribution in [3.05, 3.63) is 215 Å². The molecule has 0 amide bonds. The number of aryl methyl sites for hydroxylation is 1. The van der Waals surface area contributed by atoms with E-state index in [1.165, 1.54) is 66.8 Å². The van der Waals surface area contributed by atoms with E-state index in [-0.39, 0.29) is 5.92 Å². The van der Waals surface area contributed by atoms with E-state index < -0.39 is 5.41 Å². The molecule has 252 valence electrons. The predicted octanol–water partition coefficient (Wildman–Crippen LogP) is 12.7. The van der Waals surface area contributed by atoms with Crippen LogP contribution < -0.4 is 0 Å². The molecule has 53 heavy (non-hydrogen) atoms. The molecule has 1 unspecified atom stereocenters. The molecule has 7 aromatic carbocycles. The zero-order valence-electron chi connectivity index (χ0n) is 29.9. The van der Waals surface area contributed by atoms with Gasteiger partial charge < -0.3 is 0 Å². The zero-order valence-corrected chi connectivity index (χ0v) is 29.9. The van der Waals surface area contributed by atoms with Gasteiger partial charge in [0, 0.05) is 17.0 Å². The number of fused-ring (bicyclic) bond motifs is 10. The molecular formula is C51H38N2. The fourth-order valence-electron chi connectivity index (χ4n) is 9.33. The highest BCUT2D eigenvalue weighted by atomic mass is 14.9. The molecule has 2 heteroatoms. The average Bonchev–Trinajstić information content (AvgIpc) is 3.70. The van der Waals surface area contributed by atoms with Crippen molar-refractivity contribution >= 4 is 0 Å². The first kappa shape index (κ1) is 31.4. The lowest BCUT2D eigenvalue weighted by Gasteiger charge is -2.31. The third kappa shape index (κ3) is 4.65. The van der Waals surface area contributed by atoms with Crippen molar-refractivity contribution in [2.24, 2.45) is 0 Å². The van der Waals surface area contributed by atoms with Crippen LogP contribution >= 0.6 is 0 Å². The molecule has 0 fully saturated rings. The molecular weight excluding hydrogens is 641 g/mol. The molecule has 1 aromatic heterocycles. The molecule has 0 radical (unpaired) electrons. The summed E-state index contributed by atoms with van der Waals surface area (Å²) in [7, 11) is 0. The van der Waals surface area contributed by atoms with E-state index >= 15 is 0 Å². The standard InChI is InChI=1S/C51H38N2/c1-3-36(50-52-46(34-19-6-4-7-20-34)32-47(53-50)35-21-8-5-9-22-35)48-40(37-23-11-10-18-33(37)2)30-31-45-49(48)41-26-14-17-29-44(41)51(45)42-27-15-12-24-38(42)39-25-13-16-28-43(39)51/h4-32,36H,3H2,1-2H3. The molecule has 2 nitrogen and oxygen atoms in total. The van der Waals surface area contributed by atoms with Crippen LogP contribution in [0.2, 0.25) is 0 Å². The number of benzene rings is 7. The molecule has 8 aromatic rings. The highest BCUT2D eigenvalue weighted by Crippen LogP contribution is 2.64. The van der Waals surface area contributed by atoms with Gasteiger partial charge in [0.2, 0.25) is 0 Å². The molecule has 2 aliphatic carbocycles. The van der Waals surface area contributed by atoms with Crippen molar-refractivity contribution < 1.29 is 0 Å². The SMILES string of the molecule is CCC(c1nc(-c2ccccc2)cc(-c2ccccc2)n1)c1c(-c2ccccc2C)ccc2c1-c1ccccc1C21c2ccccc2-c2ccccc21. The van der Waals surface area contributed by atoms with E-state index in [2.05, 4.69) is 190 Å². The van der Waals surface area contributed by atoms with Gasteiger partial charge in [-0.3, -0.25) is 0 Å². The van der Waals surface area contributed by atoms with Gasteiger partial charge in [0.05, 0.1) is 16.8 Å². The summed E-state index contributed by atoms with van der Waals surface area (Å²) in [5.74, 6) is 0.766. The van der Waals surface area contributed by atoms with Crippen LogP contribution in [-0.4, -0.2) is 9.97 Å². The van der Waals surface area contributed by atoms with Gasteiger partial charge in [0.1, 0.15) is 5.82 Å². The summed E-state index contributed by atoms with van der Waals surface area (Å²) in [6, 6.07) is 64.1. The minimum atomic E-state index is -0.432. The largest absolute Gasteiger partial charge is 0.232 e. The van der Waals surface area contributed by atoms with Gasteiger partial charge in [-0.15, -0.1) is 0 Å². The second kappa shape index (κ2) is 12.4. The Morgan fingerprint density at radius 2 is 0.925 bits per heavy atom. The van der Waals surface area contributed by atoms with Crippen LogP contribution in [0.5, 0.6) is 0 Å². The van der Waals surface area contributed by atoms with Crippen LogP contribution in [0, 0.1) is 6.92 Å². The van der Waals surface area contributed by atoms with E-state index in [9.17, 15) is 0 Å². The molecule has 0 bridgehead atoms. The van der Waals surface area contributed by atoms with Crippen molar-refractivity contribution in [3.8, 4) is 55.9 Å². The van der Waals surface area contributed by atoms with Crippen LogP contribution in [0.15, 0.2) is 176 Å². The molecule has 0 aliphatic heterocycles. The van der Waals surface area contributed by atoms with Crippen LogP contribution in [0.4, 0.5) is 0 Å². The molecule has 1 spiro atoms. The Morgan fingerprint density at radius 1 is 0.453 bits per heavy atom. The lowest BCUT2D eigenvalue weighted by molar-refractivity contribution is 0.719. The summed E-state index contributed by atoms with van der Waals surface area (Å²) in [6.45, 7) is 4.52. The lowest BCUT2D eigenvalue weighted by atomic mass is 9.70. The molecule has 1 heterocycles. The van der Waals surface area contributed by atoms with Crippen molar-refractivity contribution in [2.45, 2.75) is 31.6 Å². The Labute approximate surface area is 311 Å². The summed E-state index contributed by atoms with van der Waals surface area (Å²) in [6.07, 6.45) is 0.837. The van der Waals surface area contributed by atoms with E-state index in [1.54, 1.807) is 0 Å². The van der Waals surface area contributed by atoms with Crippen LogP contribution in [-0.2, 0) is 5.41 Å². The Balaban J connectivity index is 1.32. The Kier molecular flexibility index (Phi) is 7.33. The van der Waals surface area contributed by atoms with Crippen molar-refractivity contribution in [1.29, 1.82) is 0 Å². The Morgan fingerprint density at radius 3 is 1.47 bits per heavy atom. The first-order chi connectivity index (χ1) is 26.2. The first-order valence-corrected chi connectivity index (χ1v) is 18.7. The maximum atomic E-state index is 5.47. The van der Waals surface area contributed by atoms with Crippen LogP contribution in [0.25, 0.3) is 55.9 Å². The fourth-order valence-corrected chi connectivity index (χ4v) is 9.33. The summed E-state index contributed by atoms with van der Waals surface area (Å²) in [5, 5.41) is 0. The highest BCUT2D eigenvalue weighted by molar-refractivity contribution is 5.98. The smallest absolute Gasteiger partial charge is 0.137 e. The fraction of sp³-hybridized carbons (Fsp3) is 0.0980.